The van der Waals surface area contributed by atoms with Crippen molar-refractivity contribution >= 4 is 27.7 Å². The normalized spacial score (nSPS) is 11.3. The molecule has 3 rings (SSSR count). The SMILES string of the molecule is CCCNS(=O)(=O)c1cc(C(=O)NCCSc2n[nH]c(-c3ccccc3)n2)ccc1OC. The number of benzene rings is 2. The highest BCUT2D eigenvalue weighted by molar-refractivity contribution is 7.99. The first kappa shape index (κ1) is 23.8. The highest BCUT2D eigenvalue weighted by Crippen LogP contribution is 2.25. The van der Waals surface area contributed by atoms with Gasteiger partial charge in [-0.1, -0.05) is 49.0 Å². The summed E-state index contributed by atoms with van der Waals surface area (Å²) in [5.41, 5.74) is 1.18. The van der Waals surface area contributed by atoms with Crippen molar-refractivity contribution in [2.24, 2.45) is 0 Å². The van der Waals surface area contributed by atoms with Gasteiger partial charge in [-0.15, -0.1) is 5.10 Å². The summed E-state index contributed by atoms with van der Waals surface area (Å²) in [6, 6.07) is 14.0. The highest BCUT2D eigenvalue weighted by Gasteiger charge is 2.21. The molecule has 0 bridgehead atoms. The van der Waals surface area contributed by atoms with Crippen LogP contribution >= 0.6 is 11.8 Å². The van der Waals surface area contributed by atoms with Gasteiger partial charge in [-0.2, -0.15) is 0 Å². The Hall–Kier alpha value is -2.89. The van der Waals surface area contributed by atoms with Gasteiger partial charge in [0, 0.05) is 30.0 Å². The van der Waals surface area contributed by atoms with E-state index in [1.54, 1.807) is 0 Å². The van der Waals surface area contributed by atoms with Crippen molar-refractivity contribution in [2.75, 3.05) is 26.0 Å². The van der Waals surface area contributed by atoms with E-state index in [-0.39, 0.29) is 22.1 Å². The zero-order chi connectivity index (χ0) is 23.0. The first-order chi connectivity index (χ1) is 15.4. The fraction of sp³-hybridized carbons (Fsp3) is 0.286. The van der Waals surface area contributed by atoms with Crippen molar-refractivity contribution in [1.29, 1.82) is 0 Å². The molecule has 3 N–H and O–H groups in total. The monoisotopic (exact) mass is 475 g/mol. The molecule has 170 valence electrons. The number of carbonyl (C=O) groups is 1. The molecule has 0 radical (unpaired) electrons. The third kappa shape index (κ3) is 6.09. The van der Waals surface area contributed by atoms with Crippen molar-refractivity contribution in [3.8, 4) is 17.1 Å². The Bertz CT molecular complexity index is 1150. The lowest BCUT2D eigenvalue weighted by molar-refractivity contribution is 0.0956. The van der Waals surface area contributed by atoms with Crippen molar-refractivity contribution in [3.63, 3.8) is 0 Å². The average Bonchev–Trinajstić information content (AvgIpc) is 3.29. The van der Waals surface area contributed by atoms with Gasteiger partial charge in [0.1, 0.15) is 10.6 Å². The molecule has 2 aromatic carbocycles. The summed E-state index contributed by atoms with van der Waals surface area (Å²) in [6.07, 6.45) is 0.650. The van der Waals surface area contributed by atoms with Crippen molar-refractivity contribution in [3.05, 3.63) is 54.1 Å². The van der Waals surface area contributed by atoms with Gasteiger partial charge in [-0.25, -0.2) is 18.1 Å². The average molecular weight is 476 g/mol. The number of amides is 1. The zero-order valence-corrected chi connectivity index (χ0v) is 19.4. The zero-order valence-electron chi connectivity index (χ0n) is 17.8. The molecule has 0 saturated carbocycles. The molecule has 0 aliphatic heterocycles. The summed E-state index contributed by atoms with van der Waals surface area (Å²) in [5, 5.41) is 10.4. The number of aromatic nitrogens is 3. The highest BCUT2D eigenvalue weighted by atomic mass is 32.2. The predicted molar refractivity (Wildman–Crippen MR) is 123 cm³/mol. The first-order valence-corrected chi connectivity index (χ1v) is 12.5. The molecule has 0 aliphatic carbocycles. The number of hydrogen-bond acceptors (Lipinski definition) is 7. The Morgan fingerprint density at radius 1 is 1.16 bits per heavy atom. The standard InChI is InChI=1S/C21H25N5O4S2/c1-3-11-23-32(28,29)18-14-16(9-10-17(18)30-2)20(27)22-12-13-31-21-24-19(25-26-21)15-7-5-4-6-8-15/h4-10,14,23H,3,11-13H2,1-2H3,(H,22,27)(H,24,25,26). The van der Waals surface area contributed by atoms with Gasteiger partial charge in [-0.3, -0.25) is 9.89 Å². The summed E-state index contributed by atoms with van der Waals surface area (Å²) in [6.45, 7) is 2.52. The number of nitrogens with zero attached hydrogens (tertiary/aromatic N) is 2. The number of aromatic amines is 1. The number of ether oxygens (including phenoxy) is 1. The summed E-state index contributed by atoms with van der Waals surface area (Å²) in [5.74, 6) is 1.04. The molecule has 0 spiro atoms. The third-order valence-corrected chi connectivity index (χ3v) is 6.72. The molecular weight excluding hydrogens is 450 g/mol. The number of methoxy groups -OCH3 is 1. The number of nitrogens with one attached hydrogen (secondary N) is 3. The molecule has 3 aromatic rings. The summed E-state index contributed by atoms with van der Waals surface area (Å²) in [4.78, 5) is 16.9. The molecule has 0 unspecified atom stereocenters. The number of rotatable bonds is 11. The number of H-pyrrole nitrogens is 1. The van der Waals surface area contributed by atoms with Crippen LogP contribution in [0.25, 0.3) is 11.4 Å². The maximum Gasteiger partial charge on any atom is 0.251 e. The van der Waals surface area contributed by atoms with Gasteiger partial charge in [0.2, 0.25) is 15.2 Å². The van der Waals surface area contributed by atoms with Crippen LogP contribution in [0.1, 0.15) is 23.7 Å². The van der Waals surface area contributed by atoms with Crippen LogP contribution in [0.5, 0.6) is 5.75 Å². The second-order valence-corrected chi connectivity index (χ2v) is 9.50. The fourth-order valence-corrected chi connectivity index (χ4v) is 4.77. The van der Waals surface area contributed by atoms with Gasteiger partial charge in [0.15, 0.2) is 5.82 Å². The van der Waals surface area contributed by atoms with E-state index in [0.29, 0.717) is 36.2 Å². The molecule has 0 saturated heterocycles. The van der Waals surface area contributed by atoms with Crippen LogP contribution in [0.4, 0.5) is 0 Å². The Balaban J connectivity index is 1.57. The molecule has 0 aliphatic rings. The van der Waals surface area contributed by atoms with E-state index in [4.69, 9.17) is 4.74 Å². The van der Waals surface area contributed by atoms with Crippen LogP contribution in [0, 0.1) is 0 Å². The number of hydrogen-bond donors (Lipinski definition) is 3. The van der Waals surface area contributed by atoms with Gasteiger partial charge >= 0.3 is 0 Å². The molecule has 11 heteroatoms. The van der Waals surface area contributed by atoms with Gasteiger partial charge in [0.25, 0.3) is 5.91 Å². The van der Waals surface area contributed by atoms with Crippen molar-refractivity contribution in [1.82, 2.24) is 25.2 Å². The minimum atomic E-state index is -3.78. The Morgan fingerprint density at radius 2 is 1.94 bits per heavy atom. The van der Waals surface area contributed by atoms with Crippen molar-refractivity contribution in [2.45, 2.75) is 23.4 Å². The molecule has 1 heterocycles. The quantitative estimate of drug-likeness (QED) is 0.287. The molecule has 0 atom stereocenters. The van der Waals surface area contributed by atoms with Gasteiger partial charge < -0.3 is 10.1 Å². The lowest BCUT2D eigenvalue weighted by Gasteiger charge is -2.12. The van der Waals surface area contributed by atoms with E-state index in [9.17, 15) is 13.2 Å². The minimum Gasteiger partial charge on any atom is -0.495 e. The molecule has 1 aromatic heterocycles. The maximum atomic E-state index is 12.5. The van der Waals surface area contributed by atoms with Crippen LogP contribution in [-0.2, 0) is 10.0 Å². The van der Waals surface area contributed by atoms with Crippen LogP contribution in [-0.4, -0.2) is 55.5 Å². The maximum absolute atomic E-state index is 12.5. The van der Waals surface area contributed by atoms with E-state index in [1.165, 1.54) is 37.1 Å². The lowest BCUT2D eigenvalue weighted by atomic mass is 10.2. The topological polar surface area (TPSA) is 126 Å². The van der Waals surface area contributed by atoms with Crippen molar-refractivity contribution < 1.29 is 17.9 Å². The Labute approximate surface area is 191 Å². The van der Waals surface area contributed by atoms with E-state index < -0.39 is 10.0 Å². The third-order valence-electron chi connectivity index (χ3n) is 4.39. The molecule has 0 fully saturated rings. The Kier molecular flexibility index (Phi) is 8.26. The second-order valence-electron chi connectivity index (χ2n) is 6.70. The summed E-state index contributed by atoms with van der Waals surface area (Å²) < 4.78 is 32.7. The smallest absolute Gasteiger partial charge is 0.251 e. The summed E-state index contributed by atoms with van der Waals surface area (Å²) >= 11 is 1.40. The predicted octanol–water partition coefficient (Wildman–Crippen LogP) is 2.69. The largest absolute Gasteiger partial charge is 0.495 e. The number of sulfonamides is 1. The van der Waals surface area contributed by atoms with Gasteiger partial charge in [-0.05, 0) is 24.6 Å². The molecule has 1 amide bonds. The van der Waals surface area contributed by atoms with Crippen LogP contribution in [0.2, 0.25) is 0 Å². The molecular formula is C21H25N5O4S2. The number of carbonyl (C=O) groups excluding carboxylic acids is 1. The van der Waals surface area contributed by atoms with E-state index in [0.717, 1.165) is 5.56 Å². The fourth-order valence-electron chi connectivity index (χ4n) is 2.79. The van der Waals surface area contributed by atoms with E-state index in [1.807, 2.05) is 37.3 Å². The van der Waals surface area contributed by atoms with E-state index in [2.05, 4.69) is 25.2 Å². The van der Waals surface area contributed by atoms with Crippen LogP contribution < -0.4 is 14.8 Å². The number of thioether (sulfide) groups is 1. The second kappa shape index (κ2) is 11.1. The van der Waals surface area contributed by atoms with Gasteiger partial charge in [0.05, 0.1) is 7.11 Å². The minimum absolute atomic E-state index is 0.0651. The molecule has 9 nitrogen and oxygen atoms in total. The summed E-state index contributed by atoms with van der Waals surface area (Å²) in [7, 11) is -2.40. The molecule has 32 heavy (non-hydrogen) atoms. The first-order valence-electron chi connectivity index (χ1n) is 10.0. The van der Waals surface area contributed by atoms with Crippen LogP contribution in [0.15, 0.2) is 58.6 Å². The Morgan fingerprint density at radius 3 is 2.66 bits per heavy atom. The lowest BCUT2D eigenvalue weighted by Crippen LogP contribution is -2.27. The van der Waals surface area contributed by atoms with Crippen LogP contribution in [0.3, 0.4) is 0 Å². The van der Waals surface area contributed by atoms with E-state index >= 15 is 0 Å².